The summed E-state index contributed by atoms with van der Waals surface area (Å²) in [5.41, 5.74) is 0.339. The molecule has 0 spiro atoms. The van der Waals surface area contributed by atoms with Crippen LogP contribution in [0, 0.1) is 11.3 Å². The molecule has 0 unspecified atom stereocenters. The van der Waals surface area contributed by atoms with E-state index in [1.807, 2.05) is 6.07 Å². The Hall–Kier alpha value is -1.11. The van der Waals surface area contributed by atoms with E-state index in [1.54, 1.807) is 12.1 Å². The lowest BCUT2D eigenvalue weighted by Crippen LogP contribution is -1.89. The van der Waals surface area contributed by atoms with Crippen molar-refractivity contribution in [3.63, 3.8) is 0 Å². The summed E-state index contributed by atoms with van der Waals surface area (Å²) in [6.45, 7) is 0. The highest BCUT2D eigenvalue weighted by atomic mass is 35.5. The molecule has 0 aliphatic heterocycles. The molecule has 2 rings (SSSR count). The topological polar surface area (TPSA) is 33.0 Å². The third-order valence-corrected chi connectivity index (χ3v) is 3.51. The maximum absolute atomic E-state index is 9.00. The molecule has 96 valence electrons. The smallest absolute Gasteiger partial charge is 0.147 e. The van der Waals surface area contributed by atoms with Gasteiger partial charge in [-0.05, 0) is 18.2 Å². The van der Waals surface area contributed by atoms with Crippen LogP contribution < -0.4 is 4.74 Å². The summed E-state index contributed by atoms with van der Waals surface area (Å²) < 4.78 is 5.57. The van der Waals surface area contributed by atoms with Crippen LogP contribution in [0.25, 0.3) is 0 Å². The minimum absolute atomic E-state index is 0.290. The first-order chi connectivity index (χ1) is 9.01. The minimum atomic E-state index is 0.290. The van der Waals surface area contributed by atoms with Crippen LogP contribution in [0.4, 0.5) is 0 Å². The lowest BCUT2D eigenvalue weighted by Gasteiger charge is -2.10. The van der Waals surface area contributed by atoms with Crippen molar-refractivity contribution in [2.24, 2.45) is 0 Å². The molecule has 0 saturated carbocycles. The van der Waals surface area contributed by atoms with Gasteiger partial charge in [-0.1, -0.05) is 46.4 Å². The molecule has 6 heteroatoms. The molecule has 0 aliphatic carbocycles. The molecule has 0 bridgehead atoms. The van der Waals surface area contributed by atoms with E-state index in [0.29, 0.717) is 37.2 Å². The molecule has 19 heavy (non-hydrogen) atoms. The Bertz CT molecular complexity index is 679. The molecule has 2 aromatic rings. The molecule has 0 amide bonds. The van der Waals surface area contributed by atoms with E-state index in [0.717, 1.165) is 0 Å². The van der Waals surface area contributed by atoms with Crippen LogP contribution in [0.2, 0.25) is 20.1 Å². The van der Waals surface area contributed by atoms with E-state index in [1.165, 1.54) is 18.2 Å². The fourth-order valence-corrected chi connectivity index (χ4v) is 2.11. The Morgan fingerprint density at radius 1 is 0.842 bits per heavy atom. The van der Waals surface area contributed by atoms with Gasteiger partial charge in [0.05, 0.1) is 20.6 Å². The van der Waals surface area contributed by atoms with E-state index in [2.05, 4.69) is 0 Å². The normalized spacial score (nSPS) is 10.1. The predicted octanol–water partition coefficient (Wildman–Crippen LogP) is 5.96. The summed E-state index contributed by atoms with van der Waals surface area (Å²) >= 11 is 23.6. The molecule has 2 nitrogen and oxygen atoms in total. The van der Waals surface area contributed by atoms with E-state index in [9.17, 15) is 0 Å². The van der Waals surface area contributed by atoms with Gasteiger partial charge >= 0.3 is 0 Å². The first kappa shape index (κ1) is 14.3. The van der Waals surface area contributed by atoms with Gasteiger partial charge in [0.15, 0.2) is 0 Å². The van der Waals surface area contributed by atoms with Crippen LogP contribution in [-0.2, 0) is 0 Å². The van der Waals surface area contributed by atoms with Crippen molar-refractivity contribution in [3.05, 3.63) is 56.0 Å². The SMILES string of the molecule is N#Cc1ccc(Cl)cc1Oc1cc(Cl)c(Cl)cc1Cl. The third kappa shape index (κ3) is 3.26. The molecule has 2 aromatic carbocycles. The highest BCUT2D eigenvalue weighted by Gasteiger charge is 2.11. The van der Waals surface area contributed by atoms with Gasteiger partial charge in [0.25, 0.3) is 0 Å². The Balaban J connectivity index is 2.45. The zero-order valence-corrected chi connectivity index (χ0v) is 12.3. The number of ether oxygens (including phenoxy) is 1. The van der Waals surface area contributed by atoms with Gasteiger partial charge < -0.3 is 4.74 Å². The second kappa shape index (κ2) is 5.90. The van der Waals surface area contributed by atoms with Crippen molar-refractivity contribution in [2.45, 2.75) is 0 Å². The number of rotatable bonds is 2. The zero-order valence-electron chi connectivity index (χ0n) is 9.25. The van der Waals surface area contributed by atoms with E-state index < -0.39 is 0 Å². The molecule has 0 N–H and O–H groups in total. The molecule has 0 saturated heterocycles. The summed E-state index contributed by atoms with van der Waals surface area (Å²) in [5, 5.41) is 10.4. The Labute approximate surface area is 130 Å². The maximum atomic E-state index is 9.00. The number of benzene rings is 2. The molecule has 0 heterocycles. The van der Waals surface area contributed by atoms with Crippen LogP contribution >= 0.6 is 46.4 Å². The van der Waals surface area contributed by atoms with Crippen LogP contribution in [0.3, 0.4) is 0 Å². The number of hydrogen-bond donors (Lipinski definition) is 0. The average Bonchev–Trinajstić information content (AvgIpc) is 2.36. The van der Waals surface area contributed by atoms with Crippen molar-refractivity contribution in [2.75, 3.05) is 0 Å². The average molecular weight is 333 g/mol. The van der Waals surface area contributed by atoms with Gasteiger partial charge in [0.1, 0.15) is 17.6 Å². The minimum Gasteiger partial charge on any atom is -0.454 e. The molecule has 0 aliphatic rings. The lowest BCUT2D eigenvalue weighted by molar-refractivity contribution is 0.481. The summed E-state index contributed by atoms with van der Waals surface area (Å²) in [6, 6.07) is 9.64. The van der Waals surface area contributed by atoms with Crippen molar-refractivity contribution >= 4 is 46.4 Å². The molecular formula is C13H5Cl4NO. The summed E-state index contributed by atoms with van der Waals surface area (Å²) in [6.07, 6.45) is 0. The first-order valence-electron chi connectivity index (χ1n) is 5.03. The van der Waals surface area contributed by atoms with Crippen LogP contribution in [0.1, 0.15) is 5.56 Å². The number of nitrogens with zero attached hydrogens (tertiary/aromatic N) is 1. The number of hydrogen-bond acceptors (Lipinski definition) is 2. The van der Waals surface area contributed by atoms with Crippen LogP contribution in [0.5, 0.6) is 11.5 Å². The fourth-order valence-electron chi connectivity index (χ4n) is 1.37. The van der Waals surface area contributed by atoms with Crippen molar-refractivity contribution in [1.29, 1.82) is 5.26 Å². The first-order valence-corrected chi connectivity index (χ1v) is 6.54. The second-order valence-electron chi connectivity index (χ2n) is 3.55. The Kier molecular flexibility index (Phi) is 4.44. The largest absolute Gasteiger partial charge is 0.454 e. The molecular weight excluding hydrogens is 328 g/mol. The predicted molar refractivity (Wildman–Crippen MR) is 77.7 cm³/mol. The zero-order chi connectivity index (χ0) is 14.0. The second-order valence-corrected chi connectivity index (χ2v) is 5.21. The quantitative estimate of drug-likeness (QED) is 0.635. The standard InChI is InChI=1S/C13H5Cl4NO/c14-8-2-1-7(6-18)12(3-8)19-13-5-10(16)9(15)4-11(13)17/h1-5H. The van der Waals surface area contributed by atoms with Gasteiger partial charge in [0.2, 0.25) is 0 Å². The third-order valence-electron chi connectivity index (χ3n) is 2.26. The van der Waals surface area contributed by atoms with Crippen molar-refractivity contribution in [3.8, 4) is 17.6 Å². The van der Waals surface area contributed by atoms with E-state index >= 15 is 0 Å². The van der Waals surface area contributed by atoms with E-state index in [-0.39, 0.29) is 0 Å². The van der Waals surface area contributed by atoms with Gasteiger partial charge in [-0.3, -0.25) is 0 Å². The monoisotopic (exact) mass is 331 g/mol. The van der Waals surface area contributed by atoms with E-state index in [4.69, 9.17) is 56.4 Å². The van der Waals surface area contributed by atoms with Gasteiger partial charge in [0, 0.05) is 17.2 Å². The van der Waals surface area contributed by atoms with Crippen LogP contribution in [0.15, 0.2) is 30.3 Å². The van der Waals surface area contributed by atoms with Crippen molar-refractivity contribution in [1.82, 2.24) is 0 Å². The number of nitriles is 1. The number of halogens is 4. The van der Waals surface area contributed by atoms with Gasteiger partial charge in [-0.15, -0.1) is 0 Å². The molecule has 0 aromatic heterocycles. The highest BCUT2D eigenvalue weighted by molar-refractivity contribution is 6.43. The van der Waals surface area contributed by atoms with Crippen LogP contribution in [-0.4, -0.2) is 0 Å². The maximum Gasteiger partial charge on any atom is 0.147 e. The van der Waals surface area contributed by atoms with Gasteiger partial charge in [-0.25, -0.2) is 0 Å². The fraction of sp³-hybridized carbons (Fsp3) is 0. The molecule has 0 fully saturated rings. The summed E-state index contributed by atoms with van der Waals surface area (Å²) in [4.78, 5) is 0. The Morgan fingerprint density at radius 3 is 2.21 bits per heavy atom. The molecule has 0 radical (unpaired) electrons. The highest BCUT2D eigenvalue weighted by Crippen LogP contribution is 2.37. The lowest BCUT2D eigenvalue weighted by atomic mass is 10.2. The Morgan fingerprint density at radius 2 is 1.53 bits per heavy atom. The summed E-state index contributed by atoms with van der Waals surface area (Å²) in [5.74, 6) is 0.602. The molecule has 0 atom stereocenters. The van der Waals surface area contributed by atoms with Gasteiger partial charge in [-0.2, -0.15) is 5.26 Å². The van der Waals surface area contributed by atoms with Crippen molar-refractivity contribution < 1.29 is 4.74 Å². The summed E-state index contributed by atoms with van der Waals surface area (Å²) in [7, 11) is 0.